The fourth-order valence-corrected chi connectivity index (χ4v) is 0.293. The van der Waals surface area contributed by atoms with Gasteiger partial charge in [-0.25, -0.2) is 0 Å². The molecule has 1 unspecified atom stereocenters. The molecule has 56 valence electrons. The number of hydrogen-bond acceptors (Lipinski definition) is 1. The van der Waals surface area contributed by atoms with Crippen molar-refractivity contribution in [3.8, 4) is 0 Å². The van der Waals surface area contributed by atoms with Crippen LogP contribution in [0.4, 0.5) is 13.2 Å². The lowest BCUT2D eigenvalue weighted by Crippen LogP contribution is -2.38. The van der Waals surface area contributed by atoms with Crippen LogP contribution in [0.3, 0.4) is 0 Å². The Hall–Kier alpha value is -0.250. The van der Waals surface area contributed by atoms with Crippen LogP contribution >= 0.6 is 0 Å². The van der Waals surface area contributed by atoms with E-state index in [1.54, 1.807) is 0 Å². The van der Waals surface area contributed by atoms with E-state index in [9.17, 15) is 13.2 Å². The van der Waals surface area contributed by atoms with Gasteiger partial charge in [0.2, 0.25) is 0 Å². The molecule has 1 atom stereocenters. The van der Waals surface area contributed by atoms with Crippen molar-refractivity contribution >= 4 is 0 Å². The number of hydrogen-bond donors (Lipinski definition) is 0. The highest BCUT2D eigenvalue weighted by Gasteiger charge is 2.37. The minimum Gasteiger partial charge on any atom is -0.299 e. The van der Waals surface area contributed by atoms with Gasteiger partial charge in [0.25, 0.3) is 0 Å². The third-order valence-corrected chi connectivity index (χ3v) is 1.25. The summed E-state index contributed by atoms with van der Waals surface area (Å²) in [5.41, 5.74) is 0. The van der Waals surface area contributed by atoms with Gasteiger partial charge in [-0.15, -0.1) is 0 Å². The summed E-state index contributed by atoms with van der Waals surface area (Å²) in [6, 6.07) is -1.35. The number of rotatable bonds is 1. The predicted octanol–water partition coefficient (Wildman–Crippen LogP) is 1.50. The molecule has 0 aliphatic rings. The van der Waals surface area contributed by atoms with Crippen molar-refractivity contribution in [2.75, 3.05) is 14.1 Å². The normalized spacial score (nSPS) is 16.3. The van der Waals surface area contributed by atoms with E-state index in [0.29, 0.717) is 0 Å². The monoisotopic (exact) mass is 141 g/mol. The third kappa shape index (κ3) is 2.70. The molecule has 4 heteroatoms. The zero-order valence-electron chi connectivity index (χ0n) is 5.66. The van der Waals surface area contributed by atoms with Gasteiger partial charge in [-0.05, 0) is 21.0 Å². The molecule has 0 radical (unpaired) electrons. The average Bonchev–Trinajstić information content (AvgIpc) is 1.62. The zero-order valence-corrected chi connectivity index (χ0v) is 5.66. The molecule has 0 aliphatic heterocycles. The molecule has 0 rings (SSSR count). The number of nitrogens with zero attached hydrogens (tertiary/aromatic N) is 1. The van der Waals surface area contributed by atoms with E-state index in [2.05, 4.69) is 0 Å². The van der Waals surface area contributed by atoms with Gasteiger partial charge in [0.15, 0.2) is 0 Å². The molecule has 0 aromatic heterocycles. The highest BCUT2D eigenvalue weighted by Crippen LogP contribution is 2.22. The second kappa shape index (κ2) is 2.56. The maximum absolute atomic E-state index is 11.7. The van der Waals surface area contributed by atoms with Gasteiger partial charge in [0.1, 0.15) is 6.04 Å². The molecule has 0 heterocycles. The van der Waals surface area contributed by atoms with Crippen molar-refractivity contribution in [1.29, 1.82) is 0 Å². The largest absolute Gasteiger partial charge is 0.403 e. The lowest BCUT2D eigenvalue weighted by atomic mass is 10.3. The lowest BCUT2D eigenvalue weighted by molar-refractivity contribution is -0.171. The second-order valence-electron chi connectivity index (χ2n) is 2.18. The van der Waals surface area contributed by atoms with Crippen LogP contribution in [-0.2, 0) is 0 Å². The first-order chi connectivity index (χ1) is 3.85. The van der Waals surface area contributed by atoms with Gasteiger partial charge in [-0.1, -0.05) is 0 Å². The summed E-state index contributed by atoms with van der Waals surface area (Å²) in [6.45, 7) is 1.12. The molecule has 0 aromatic rings. The summed E-state index contributed by atoms with van der Waals surface area (Å²) in [5.74, 6) is 0. The SMILES string of the molecule is CC(N(C)C)C(F)(F)F. The van der Waals surface area contributed by atoms with E-state index < -0.39 is 12.2 Å². The molecule has 0 saturated heterocycles. The van der Waals surface area contributed by atoms with Gasteiger partial charge >= 0.3 is 6.18 Å². The number of halogens is 3. The van der Waals surface area contributed by atoms with Crippen molar-refractivity contribution in [3.63, 3.8) is 0 Å². The fraction of sp³-hybridized carbons (Fsp3) is 1.00. The Morgan fingerprint density at radius 2 is 1.56 bits per heavy atom. The maximum atomic E-state index is 11.7. The molecule has 1 nitrogen and oxygen atoms in total. The fourth-order valence-electron chi connectivity index (χ4n) is 0.293. The Kier molecular flexibility index (Phi) is 2.49. The molecule has 0 bridgehead atoms. The average molecular weight is 141 g/mol. The molecular weight excluding hydrogens is 131 g/mol. The quantitative estimate of drug-likeness (QED) is 0.534. The van der Waals surface area contributed by atoms with Crippen LogP contribution in [0.1, 0.15) is 6.92 Å². The van der Waals surface area contributed by atoms with Crippen LogP contribution in [0, 0.1) is 0 Å². The van der Waals surface area contributed by atoms with Crippen molar-refractivity contribution in [3.05, 3.63) is 0 Å². The van der Waals surface area contributed by atoms with E-state index in [1.807, 2.05) is 0 Å². The first-order valence-corrected chi connectivity index (χ1v) is 2.59. The molecule has 0 saturated carbocycles. The molecule has 0 N–H and O–H groups in total. The predicted molar refractivity (Wildman–Crippen MR) is 29.2 cm³/mol. The summed E-state index contributed by atoms with van der Waals surface area (Å²) >= 11 is 0. The summed E-state index contributed by atoms with van der Waals surface area (Å²) in [4.78, 5) is 1.12. The third-order valence-electron chi connectivity index (χ3n) is 1.25. The Bertz CT molecular complexity index is 86.7. The molecule has 9 heavy (non-hydrogen) atoms. The van der Waals surface area contributed by atoms with Gasteiger partial charge in [-0.2, -0.15) is 13.2 Å². The van der Waals surface area contributed by atoms with Crippen LogP contribution in [-0.4, -0.2) is 31.2 Å². The summed E-state index contributed by atoms with van der Waals surface area (Å²) < 4.78 is 35.0. The van der Waals surface area contributed by atoms with Crippen LogP contribution in [0.25, 0.3) is 0 Å². The van der Waals surface area contributed by atoms with Crippen molar-refractivity contribution in [2.45, 2.75) is 19.1 Å². The smallest absolute Gasteiger partial charge is 0.299 e. The molecule has 0 amide bonds. The molecule has 0 fully saturated rings. The molecular formula is C5H10F3N. The Labute approximate surface area is 52.5 Å². The highest BCUT2D eigenvalue weighted by atomic mass is 19.4. The van der Waals surface area contributed by atoms with Gasteiger partial charge in [0.05, 0.1) is 0 Å². The lowest BCUT2D eigenvalue weighted by Gasteiger charge is -2.21. The maximum Gasteiger partial charge on any atom is 0.403 e. The molecule has 0 aromatic carbocycles. The summed E-state index contributed by atoms with van der Waals surface area (Å²) in [7, 11) is 2.80. The highest BCUT2D eigenvalue weighted by molar-refractivity contribution is 4.67. The van der Waals surface area contributed by atoms with E-state index in [-0.39, 0.29) is 0 Å². The van der Waals surface area contributed by atoms with Crippen molar-refractivity contribution in [1.82, 2.24) is 4.90 Å². The van der Waals surface area contributed by atoms with Crippen molar-refractivity contribution in [2.24, 2.45) is 0 Å². The van der Waals surface area contributed by atoms with E-state index in [1.165, 1.54) is 14.1 Å². The first-order valence-electron chi connectivity index (χ1n) is 2.59. The topological polar surface area (TPSA) is 3.24 Å². The van der Waals surface area contributed by atoms with E-state index >= 15 is 0 Å². The second-order valence-corrected chi connectivity index (χ2v) is 2.18. The Morgan fingerprint density at radius 1 is 1.22 bits per heavy atom. The minimum atomic E-state index is -4.09. The van der Waals surface area contributed by atoms with E-state index in [0.717, 1.165) is 11.8 Å². The molecule has 0 spiro atoms. The Morgan fingerprint density at radius 3 is 1.56 bits per heavy atom. The van der Waals surface area contributed by atoms with Gasteiger partial charge < -0.3 is 0 Å². The standard InChI is InChI=1S/C5H10F3N/c1-4(9(2)3)5(6,7)8/h4H,1-3H3. The van der Waals surface area contributed by atoms with Crippen molar-refractivity contribution < 1.29 is 13.2 Å². The van der Waals surface area contributed by atoms with E-state index in [4.69, 9.17) is 0 Å². The van der Waals surface area contributed by atoms with Gasteiger partial charge in [0, 0.05) is 0 Å². The van der Waals surface area contributed by atoms with Crippen LogP contribution in [0.5, 0.6) is 0 Å². The molecule has 0 aliphatic carbocycles. The van der Waals surface area contributed by atoms with Gasteiger partial charge in [-0.3, -0.25) is 4.90 Å². The summed E-state index contributed by atoms with van der Waals surface area (Å²) in [6.07, 6.45) is -4.09. The zero-order chi connectivity index (χ0) is 7.65. The Balaban J connectivity index is 3.88. The number of alkyl halides is 3. The first kappa shape index (κ1) is 8.75. The van der Waals surface area contributed by atoms with Crippen LogP contribution in [0.15, 0.2) is 0 Å². The van der Waals surface area contributed by atoms with Crippen LogP contribution < -0.4 is 0 Å². The van der Waals surface area contributed by atoms with Crippen LogP contribution in [0.2, 0.25) is 0 Å². The summed E-state index contributed by atoms with van der Waals surface area (Å²) in [5, 5.41) is 0. The minimum absolute atomic E-state index is 1.12.